The van der Waals surface area contributed by atoms with Gasteiger partial charge in [0.05, 0.1) is 25.3 Å². The largest absolute Gasteiger partial charge is 0.445 e. The van der Waals surface area contributed by atoms with Crippen LogP contribution in [0.3, 0.4) is 0 Å². The Bertz CT molecular complexity index is 1110. The van der Waals surface area contributed by atoms with E-state index in [1.54, 1.807) is 0 Å². The molecule has 1 saturated heterocycles. The molecule has 0 spiro atoms. The SMILES string of the molecule is Cc1ccc2ccccc2c1C1=CC2COCC(C1)N2C(=O)OCc1ccccc1. The van der Waals surface area contributed by atoms with Gasteiger partial charge in [0, 0.05) is 0 Å². The van der Waals surface area contributed by atoms with Crippen LogP contribution in [0.4, 0.5) is 4.79 Å². The molecule has 3 aromatic rings. The number of aryl methyl sites for hydroxylation is 1. The van der Waals surface area contributed by atoms with Crippen LogP contribution in [0.1, 0.15) is 23.1 Å². The number of carbonyl (C=O) groups is 1. The molecule has 0 aromatic heterocycles. The smallest absolute Gasteiger partial charge is 0.411 e. The highest BCUT2D eigenvalue weighted by Crippen LogP contribution is 2.37. The van der Waals surface area contributed by atoms with Gasteiger partial charge in [0.15, 0.2) is 0 Å². The van der Waals surface area contributed by atoms with Crippen molar-refractivity contribution in [3.63, 3.8) is 0 Å². The van der Waals surface area contributed by atoms with Crippen molar-refractivity contribution in [2.75, 3.05) is 13.2 Å². The van der Waals surface area contributed by atoms with Gasteiger partial charge in [-0.3, -0.25) is 4.90 Å². The van der Waals surface area contributed by atoms with E-state index >= 15 is 0 Å². The molecule has 2 atom stereocenters. The third kappa shape index (κ3) is 3.48. The van der Waals surface area contributed by atoms with Crippen LogP contribution in [0.2, 0.25) is 0 Å². The van der Waals surface area contributed by atoms with Crippen LogP contribution in [0, 0.1) is 6.92 Å². The van der Waals surface area contributed by atoms with Crippen molar-refractivity contribution in [2.24, 2.45) is 0 Å². The van der Waals surface area contributed by atoms with E-state index in [4.69, 9.17) is 9.47 Å². The topological polar surface area (TPSA) is 38.8 Å². The quantitative estimate of drug-likeness (QED) is 0.597. The number of benzene rings is 3. The maximum atomic E-state index is 12.9. The number of fused-ring (bicyclic) bond motifs is 3. The molecule has 1 fully saturated rings. The summed E-state index contributed by atoms with van der Waals surface area (Å²) in [7, 11) is 0. The molecule has 0 aliphatic carbocycles. The lowest BCUT2D eigenvalue weighted by atomic mass is 9.85. The second-order valence-corrected chi connectivity index (χ2v) is 8.08. The van der Waals surface area contributed by atoms with Gasteiger partial charge in [-0.15, -0.1) is 0 Å². The molecule has 2 heterocycles. The van der Waals surface area contributed by atoms with Crippen LogP contribution in [0.15, 0.2) is 72.8 Å². The highest BCUT2D eigenvalue weighted by Gasteiger charge is 2.39. The first-order chi connectivity index (χ1) is 14.7. The molecule has 1 amide bonds. The lowest BCUT2D eigenvalue weighted by Crippen LogP contribution is -2.56. The molecule has 2 aliphatic rings. The molecule has 2 unspecified atom stereocenters. The minimum atomic E-state index is -0.262. The number of amides is 1. The summed E-state index contributed by atoms with van der Waals surface area (Å²) in [5.41, 5.74) is 4.85. The van der Waals surface area contributed by atoms with Gasteiger partial charge < -0.3 is 9.47 Å². The zero-order valence-electron chi connectivity index (χ0n) is 17.1. The van der Waals surface area contributed by atoms with Crippen molar-refractivity contribution in [3.8, 4) is 0 Å². The van der Waals surface area contributed by atoms with Gasteiger partial charge in [-0.2, -0.15) is 0 Å². The minimum Gasteiger partial charge on any atom is -0.445 e. The number of hydrogen-bond acceptors (Lipinski definition) is 3. The maximum absolute atomic E-state index is 12.9. The molecule has 0 saturated carbocycles. The Labute approximate surface area is 176 Å². The van der Waals surface area contributed by atoms with E-state index in [1.165, 1.54) is 27.5 Å². The van der Waals surface area contributed by atoms with Crippen LogP contribution in [0.25, 0.3) is 16.3 Å². The number of morpholine rings is 1. The van der Waals surface area contributed by atoms with E-state index in [-0.39, 0.29) is 24.8 Å². The van der Waals surface area contributed by atoms with Crippen LogP contribution in [-0.2, 0) is 16.1 Å². The average Bonchev–Trinajstić information content (AvgIpc) is 2.77. The average molecular weight is 399 g/mol. The van der Waals surface area contributed by atoms with Gasteiger partial charge in [0.25, 0.3) is 0 Å². The zero-order valence-corrected chi connectivity index (χ0v) is 17.1. The van der Waals surface area contributed by atoms with Crippen molar-refractivity contribution < 1.29 is 14.3 Å². The standard InChI is InChI=1S/C26H25NO3/c1-18-11-12-20-9-5-6-10-24(20)25(18)21-13-22-16-29-17-23(14-21)27(22)26(28)30-15-19-7-3-2-4-8-19/h2-13,22-23H,14-17H2,1H3. The van der Waals surface area contributed by atoms with Crippen LogP contribution >= 0.6 is 0 Å². The number of carbonyl (C=O) groups excluding carboxylic acids is 1. The Kier molecular flexibility index (Phi) is 5.01. The second-order valence-electron chi connectivity index (χ2n) is 8.08. The lowest BCUT2D eigenvalue weighted by molar-refractivity contribution is -0.0342. The Morgan fingerprint density at radius 3 is 2.67 bits per heavy atom. The van der Waals surface area contributed by atoms with E-state index in [0.29, 0.717) is 13.2 Å². The normalized spacial score (nSPS) is 20.7. The van der Waals surface area contributed by atoms with Gasteiger partial charge in [0.1, 0.15) is 6.61 Å². The number of ether oxygens (including phenoxy) is 2. The van der Waals surface area contributed by atoms with Crippen LogP contribution in [0.5, 0.6) is 0 Å². The Balaban J connectivity index is 1.43. The van der Waals surface area contributed by atoms with Crippen molar-refractivity contribution in [1.29, 1.82) is 0 Å². The van der Waals surface area contributed by atoms with E-state index < -0.39 is 0 Å². The number of hydrogen-bond donors (Lipinski definition) is 0. The van der Waals surface area contributed by atoms with Crippen LogP contribution < -0.4 is 0 Å². The molecule has 152 valence electrons. The van der Waals surface area contributed by atoms with Crippen LogP contribution in [-0.4, -0.2) is 36.3 Å². The second kappa shape index (κ2) is 7.96. The summed E-state index contributed by atoms with van der Waals surface area (Å²) >= 11 is 0. The number of nitrogens with zero attached hydrogens (tertiary/aromatic N) is 1. The third-order valence-corrected chi connectivity index (χ3v) is 6.07. The highest BCUT2D eigenvalue weighted by molar-refractivity contribution is 5.96. The van der Waals surface area contributed by atoms with Gasteiger partial charge in [-0.25, -0.2) is 4.79 Å². The van der Waals surface area contributed by atoms with Gasteiger partial charge in [0.2, 0.25) is 0 Å². The fourth-order valence-electron chi connectivity index (χ4n) is 4.67. The third-order valence-electron chi connectivity index (χ3n) is 6.07. The molecule has 0 radical (unpaired) electrons. The summed E-state index contributed by atoms with van der Waals surface area (Å²) in [5.74, 6) is 0. The number of rotatable bonds is 3. The van der Waals surface area contributed by atoms with E-state index in [1.807, 2.05) is 35.2 Å². The van der Waals surface area contributed by atoms with E-state index in [0.717, 1.165) is 12.0 Å². The molecule has 4 heteroatoms. The molecule has 3 aromatic carbocycles. The molecule has 30 heavy (non-hydrogen) atoms. The first kappa shape index (κ1) is 18.9. The molecule has 4 nitrogen and oxygen atoms in total. The molecule has 5 rings (SSSR count). The summed E-state index contributed by atoms with van der Waals surface area (Å²) in [6, 6.07) is 22.5. The van der Waals surface area contributed by atoms with Gasteiger partial charge >= 0.3 is 6.09 Å². The predicted molar refractivity (Wildman–Crippen MR) is 118 cm³/mol. The predicted octanol–water partition coefficient (Wildman–Crippen LogP) is 5.34. The van der Waals surface area contributed by atoms with Gasteiger partial charge in [-0.05, 0) is 46.4 Å². The summed E-state index contributed by atoms with van der Waals surface area (Å²) < 4.78 is 11.4. The van der Waals surface area contributed by atoms with Crippen molar-refractivity contribution >= 4 is 22.4 Å². The molecule has 0 N–H and O–H groups in total. The van der Waals surface area contributed by atoms with Crippen molar-refractivity contribution in [2.45, 2.75) is 32.0 Å². The van der Waals surface area contributed by atoms with Crippen molar-refractivity contribution in [1.82, 2.24) is 4.90 Å². The summed E-state index contributed by atoms with van der Waals surface area (Å²) in [5, 5.41) is 2.51. The maximum Gasteiger partial charge on any atom is 0.411 e. The fraction of sp³-hybridized carbons (Fsp3) is 0.269. The first-order valence-electron chi connectivity index (χ1n) is 10.5. The highest BCUT2D eigenvalue weighted by atomic mass is 16.6. The van der Waals surface area contributed by atoms with E-state index in [2.05, 4.69) is 49.4 Å². The Morgan fingerprint density at radius 2 is 1.83 bits per heavy atom. The zero-order chi connectivity index (χ0) is 20.5. The lowest BCUT2D eigenvalue weighted by Gasteiger charge is -2.44. The fourth-order valence-corrected chi connectivity index (χ4v) is 4.67. The van der Waals surface area contributed by atoms with E-state index in [9.17, 15) is 4.79 Å². The van der Waals surface area contributed by atoms with Crippen molar-refractivity contribution in [3.05, 3.63) is 89.5 Å². The summed E-state index contributed by atoms with van der Waals surface area (Å²) in [4.78, 5) is 14.8. The summed E-state index contributed by atoms with van der Waals surface area (Å²) in [6.07, 6.45) is 2.71. The monoisotopic (exact) mass is 399 g/mol. The molecule has 2 bridgehead atoms. The Hall–Kier alpha value is -3.11. The minimum absolute atomic E-state index is 0.00890. The Morgan fingerprint density at radius 1 is 1.03 bits per heavy atom. The van der Waals surface area contributed by atoms with Gasteiger partial charge in [-0.1, -0.05) is 72.8 Å². The summed E-state index contributed by atoms with van der Waals surface area (Å²) in [6.45, 7) is 3.49. The molecular weight excluding hydrogens is 374 g/mol. The molecular formula is C26H25NO3. The molecule has 2 aliphatic heterocycles. The first-order valence-corrected chi connectivity index (χ1v) is 10.5.